The average Bonchev–Trinajstić information content (AvgIpc) is 3.19. The van der Waals surface area contributed by atoms with E-state index in [0.717, 1.165) is 27.0 Å². The van der Waals surface area contributed by atoms with Gasteiger partial charge in [0.1, 0.15) is 0 Å². The smallest absolute Gasteiger partial charge is 0.252 e. The summed E-state index contributed by atoms with van der Waals surface area (Å²) < 4.78 is 0. The Hall–Kier alpha value is -3.05. The summed E-state index contributed by atoms with van der Waals surface area (Å²) in [7, 11) is 0. The number of pyridine rings is 2. The Morgan fingerprint density at radius 1 is 1.08 bits per heavy atom. The number of benzene rings is 1. The highest BCUT2D eigenvalue weighted by molar-refractivity contribution is 7.09. The van der Waals surface area contributed by atoms with E-state index in [-0.39, 0.29) is 5.91 Å². The molecule has 0 fully saturated rings. The maximum absolute atomic E-state index is 12.8. The Balaban J connectivity index is 1.74. The van der Waals surface area contributed by atoms with Gasteiger partial charge in [-0.05, 0) is 35.7 Å². The maximum Gasteiger partial charge on any atom is 0.252 e. The van der Waals surface area contributed by atoms with Crippen LogP contribution in [-0.2, 0) is 6.54 Å². The molecule has 0 aliphatic carbocycles. The molecule has 4 nitrogen and oxygen atoms in total. The summed E-state index contributed by atoms with van der Waals surface area (Å²) >= 11 is 1.63. The molecule has 1 amide bonds. The standard InChI is InChI=1S/C20H15N3OS/c24-20(22-13-15-6-4-10-25-15)17-11-19(14-5-3-9-21-12-14)23-18-8-2-1-7-16(17)18/h1-12H,13H2,(H,22,24). The van der Waals surface area contributed by atoms with Crippen molar-refractivity contribution in [2.45, 2.75) is 6.54 Å². The van der Waals surface area contributed by atoms with Gasteiger partial charge in [-0.3, -0.25) is 9.78 Å². The molecule has 5 heteroatoms. The zero-order valence-corrected chi connectivity index (χ0v) is 14.2. The molecule has 0 saturated heterocycles. The topological polar surface area (TPSA) is 54.9 Å². The van der Waals surface area contributed by atoms with Crippen LogP contribution in [-0.4, -0.2) is 15.9 Å². The summed E-state index contributed by atoms with van der Waals surface area (Å²) in [5.74, 6) is -0.0999. The lowest BCUT2D eigenvalue weighted by atomic mass is 10.0. The van der Waals surface area contributed by atoms with Gasteiger partial charge in [-0.25, -0.2) is 4.98 Å². The first kappa shape index (κ1) is 15.5. The molecule has 4 aromatic rings. The first-order chi connectivity index (χ1) is 12.3. The van der Waals surface area contributed by atoms with Crippen LogP contribution in [0.15, 0.2) is 72.4 Å². The molecule has 122 valence electrons. The van der Waals surface area contributed by atoms with Crippen LogP contribution in [0.1, 0.15) is 15.2 Å². The molecule has 0 bridgehead atoms. The lowest BCUT2D eigenvalue weighted by molar-refractivity contribution is 0.0953. The lowest BCUT2D eigenvalue weighted by Gasteiger charge is -2.10. The van der Waals surface area contributed by atoms with E-state index in [4.69, 9.17) is 0 Å². The van der Waals surface area contributed by atoms with Crippen LogP contribution in [0, 0.1) is 0 Å². The molecule has 3 heterocycles. The summed E-state index contributed by atoms with van der Waals surface area (Å²) in [4.78, 5) is 22.7. The molecule has 1 aromatic carbocycles. The fraction of sp³-hybridized carbons (Fsp3) is 0.0500. The third-order valence-corrected chi connectivity index (χ3v) is 4.80. The largest absolute Gasteiger partial charge is 0.347 e. The number of hydrogen-bond acceptors (Lipinski definition) is 4. The second-order valence-corrected chi connectivity index (χ2v) is 6.61. The number of thiophene rings is 1. The number of amides is 1. The fourth-order valence-corrected chi connectivity index (χ4v) is 3.35. The molecule has 1 N–H and O–H groups in total. The Kier molecular flexibility index (Phi) is 4.23. The van der Waals surface area contributed by atoms with Crippen molar-refractivity contribution >= 4 is 28.1 Å². The number of carbonyl (C=O) groups excluding carboxylic acids is 1. The van der Waals surface area contributed by atoms with Crippen molar-refractivity contribution in [1.82, 2.24) is 15.3 Å². The predicted molar refractivity (Wildman–Crippen MR) is 100 cm³/mol. The lowest BCUT2D eigenvalue weighted by Crippen LogP contribution is -2.22. The van der Waals surface area contributed by atoms with E-state index in [1.807, 2.05) is 60.0 Å². The van der Waals surface area contributed by atoms with Crippen LogP contribution in [0.3, 0.4) is 0 Å². The van der Waals surface area contributed by atoms with Gasteiger partial charge in [-0.1, -0.05) is 24.3 Å². The van der Waals surface area contributed by atoms with Crippen molar-refractivity contribution in [1.29, 1.82) is 0 Å². The van der Waals surface area contributed by atoms with Gasteiger partial charge >= 0.3 is 0 Å². The van der Waals surface area contributed by atoms with Crippen LogP contribution in [0.25, 0.3) is 22.2 Å². The molecule has 0 aliphatic rings. The highest BCUT2D eigenvalue weighted by Crippen LogP contribution is 2.24. The van der Waals surface area contributed by atoms with Crippen molar-refractivity contribution in [3.05, 3.63) is 82.8 Å². The summed E-state index contributed by atoms with van der Waals surface area (Å²) in [5, 5.41) is 5.85. The highest BCUT2D eigenvalue weighted by Gasteiger charge is 2.14. The van der Waals surface area contributed by atoms with Crippen molar-refractivity contribution in [2.75, 3.05) is 0 Å². The average molecular weight is 345 g/mol. The van der Waals surface area contributed by atoms with Crippen molar-refractivity contribution in [3.63, 3.8) is 0 Å². The zero-order chi connectivity index (χ0) is 17.1. The SMILES string of the molecule is O=C(NCc1cccs1)c1cc(-c2cccnc2)nc2ccccc12. The third kappa shape index (κ3) is 3.27. The number of para-hydroxylation sites is 1. The van der Waals surface area contributed by atoms with E-state index in [2.05, 4.69) is 15.3 Å². The Labute approximate surface area is 149 Å². The van der Waals surface area contributed by atoms with E-state index in [9.17, 15) is 4.79 Å². The maximum atomic E-state index is 12.8. The van der Waals surface area contributed by atoms with Gasteiger partial charge in [0.25, 0.3) is 5.91 Å². The number of aromatic nitrogens is 2. The first-order valence-corrected chi connectivity index (χ1v) is 8.80. The number of fused-ring (bicyclic) bond motifs is 1. The highest BCUT2D eigenvalue weighted by atomic mass is 32.1. The molecule has 0 unspecified atom stereocenters. The van der Waals surface area contributed by atoms with Gasteiger partial charge in [0.2, 0.25) is 0 Å². The minimum atomic E-state index is -0.0999. The third-order valence-electron chi connectivity index (χ3n) is 3.92. The molecule has 0 radical (unpaired) electrons. The second-order valence-electron chi connectivity index (χ2n) is 5.58. The molecule has 0 saturated carbocycles. The van der Waals surface area contributed by atoms with Crippen LogP contribution >= 0.6 is 11.3 Å². The zero-order valence-electron chi connectivity index (χ0n) is 13.3. The van der Waals surface area contributed by atoms with Crippen molar-refractivity contribution in [2.24, 2.45) is 0 Å². The molecular formula is C20H15N3OS. The van der Waals surface area contributed by atoms with Crippen LogP contribution in [0.2, 0.25) is 0 Å². The van der Waals surface area contributed by atoms with Crippen molar-refractivity contribution < 1.29 is 4.79 Å². The first-order valence-electron chi connectivity index (χ1n) is 7.92. The quantitative estimate of drug-likeness (QED) is 0.600. The molecule has 4 rings (SSSR count). The minimum absolute atomic E-state index is 0.0999. The Morgan fingerprint density at radius 2 is 2.00 bits per heavy atom. The second kappa shape index (κ2) is 6.83. The molecule has 0 spiro atoms. The molecule has 3 aromatic heterocycles. The summed E-state index contributed by atoms with van der Waals surface area (Å²) in [5.41, 5.74) is 3.06. The Morgan fingerprint density at radius 3 is 2.80 bits per heavy atom. The summed E-state index contributed by atoms with van der Waals surface area (Å²) in [6.45, 7) is 0.523. The van der Waals surface area contributed by atoms with E-state index < -0.39 is 0 Å². The van der Waals surface area contributed by atoms with E-state index in [1.165, 1.54) is 0 Å². The van der Waals surface area contributed by atoms with Gasteiger partial charge in [-0.2, -0.15) is 0 Å². The van der Waals surface area contributed by atoms with Gasteiger partial charge in [0, 0.05) is 28.2 Å². The number of nitrogens with one attached hydrogen (secondary N) is 1. The molecule has 0 atom stereocenters. The minimum Gasteiger partial charge on any atom is -0.347 e. The van der Waals surface area contributed by atoms with Crippen LogP contribution in [0.4, 0.5) is 0 Å². The normalized spacial score (nSPS) is 10.7. The molecular weight excluding hydrogens is 330 g/mol. The van der Waals surface area contributed by atoms with Gasteiger partial charge in [0.05, 0.1) is 23.3 Å². The monoisotopic (exact) mass is 345 g/mol. The van der Waals surface area contributed by atoms with E-state index >= 15 is 0 Å². The summed E-state index contributed by atoms with van der Waals surface area (Å²) in [6, 6.07) is 17.3. The van der Waals surface area contributed by atoms with E-state index in [0.29, 0.717) is 12.1 Å². The Bertz CT molecular complexity index is 1010. The van der Waals surface area contributed by atoms with Gasteiger partial charge < -0.3 is 5.32 Å². The molecule has 25 heavy (non-hydrogen) atoms. The number of rotatable bonds is 4. The fourth-order valence-electron chi connectivity index (χ4n) is 2.70. The number of nitrogens with zero attached hydrogens (tertiary/aromatic N) is 2. The van der Waals surface area contributed by atoms with Crippen LogP contribution < -0.4 is 5.32 Å². The van der Waals surface area contributed by atoms with Crippen molar-refractivity contribution in [3.8, 4) is 11.3 Å². The number of carbonyl (C=O) groups is 1. The summed E-state index contributed by atoms with van der Waals surface area (Å²) in [6.07, 6.45) is 3.48. The van der Waals surface area contributed by atoms with E-state index in [1.54, 1.807) is 23.7 Å². The number of hydrogen-bond donors (Lipinski definition) is 1. The molecule has 0 aliphatic heterocycles. The van der Waals surface area contributed by atoms with Crippen LogP contribution in [0.5, 0.6) is 0 Å². The predicted octanol–water partition coefficient (Wildman–Crippen LogP) is 4.29. The van der Waals surface area contributed by atoms with Gasteiger partial charge in [-0.15, -0.1) is 11.3 Å². The van der Waals surface area contributed by atoms with Gasteiger partial charge in [0.15, 0.2) is 0 Å².